The minimum atomic E-state index is -0.109. The number of aromatic amines is 1. The Kier molecular flexibility index (Phi) is 4.82. The molecule has 2 aromatic carbocycles. The molecule has 0 bridgehead atoms. The van der Waals surface area contributed by atoms with Crippen LogP contribution < -0.4 is 10.6 Å². The number of hydrogen-bond donors (Lipinski definition) is 3. The van der Waals surface area contributed by atoms with E-state index in [4.69, 9.17) is 0 Å². The molecule has 0 spiro atoms. The molecule has 0 unspecified atom stereocenters. The second-order valence-corrected chi connectivity index (χ2v) is 5.97. The molecule has 0 aliphatic carbocycles. The van der Waals surface area contributed by atoms with Crippen molar-refractivity contribution in [2.24, 2.45) is 0 Å². The first-order valence-electron chi connectivity index (χ1n) is 8.00. The first-order valence-corrected chi connectivity index (χ1v) is 8.00. The van der Waals surface area contributed by atoms with E-state index in [1.165, 1.54) is 0 Å². The van der Waals surface area contributed by atoms with Crippen molar-refractivity contribution in [3.63, 3.8) is 0 Å². The SMILES string of the molecule is CN(C)CCNc1ccccc1NC(=O)c1cccc2[nH]ccc12. The number of benzene rings is 2. The number of carbonyl (C=O) groups is 1. The van der Waals surface area contributed by atoms with Crippen LogP contribution in [0.15, 0.2) is 54.7 Å². The molecule has 3 aromatic rings. The summed E-state index contributed by atoms with van der Waals surface area (Å²) in [7, 11) is 4.07. The van der Waals surface area contributed by atoms with Crippen molar-refractivity contribution < 1.29 is 4.79 Å². The van der Waals surface area contributed by atoms with Crippen LogP contribution in [0.1, 0.15) is 10.4 Å². The normalized spacial score (nSPS) is 11.0. The molecule has 124 valence electrons. The van der Waals surface area contributed by atoms with Crippen LogP contribution in [0.4, 0.5) is 11.4 Å². The van der Waals surface area contributed by atoms with Crippen LogP contribution in [0.25, 0.3) is 10.9 Å². The Morgan fingerprint density at radius 3 is 2.62 bits per heavy atom. The Bertz CT molecular complexity index is 838. The molecule has 0 saturated carbocycles. The van der Waals surface area contributed by atoms with Gasteiger partial charge in [-0.3, -0.25) is 4.79 Å². The number of nitrogens with zero attached hydrogens (tertiary/aromatic N) is 1. The molecule has 0 aliphatic rings. The summed E-state index contributed by atoms with van der Waals surface area (Å²) in [6.07, 6.45) is 1.85. The van der Waals surface area contributed by atoms with E-state index in [0.717, 1.165) is 35.4 Å². The minimum Gasteiger partial charge on any atom is -0.382 e. The van der Waals surface area contributed by atoms with Crippen molar-refractivity contribution in [3.05, 3.63) is 60.3 Å². The van der Waals surface area contributed by atoms with E-state index in [2.05, 4.69) is 20.5 Å². The lowest BCUT2D eigenvalue weighted by Gasteiger charge is -2.15. The molecule has 5 nitrogen and oxygen atoms in total. The van der Waals surface area contributed by atoms with Crippen LogP contribution in [0.3, 0.4) is 0 Å². The Balaban J connectivity index is 1.78. The average Bonchev–Trinajstić information content (AvgIpc) is 3.04. The van der Waals surface area contributed by atoms with E-state index in [9.17, 15) is 4.79 Å². The fraction of sp³-hybridized carbons (Fsp3) is 0.211. The number of nitrogens with one attached hydrogen (secondary N) is 3. The highest BCUT2D eigenvalue weighted by atomic mass is 16.1. The highest BCUT2D eigenvalue weighted by Gasteiger charge is 2.12. The number of hydrogen-bond acceptors (Lipinski definition) is 3. The van der Waals surface area contributed by atoms with E-state index >= 15 is 0 Å². The molecule has 0 atom stereocenters. The average molecular weight is 322 g/mol. The number of H-pyrrole nitrogens is 1. The van der Waals surface area contributed by atoms with Gasteiger partial charge in [-0.05, 0) is 44.4 Å². The van der Waals surface area contributed by atoms with E-state index in [1.54, 1.807) is 0 Å². The maximum atomic E-state index is 12.7. The summed E-state index contributed by atoms with van der Waals surface area (Å²) in [5.41, 5.74) is 3.33. The number of para-hydroxylation sites is 2. The standard InChI is InChI=1S/C19H22N4O/c1-23(2)13-12-21-17-7-3-4-8-18(17)22-19(24)15-6-5-9-16-14(15)10-11-20-16/h3-11,20-21H,12-13H2,1-2H3,(H,22,24). The topological polar surface area (TPSA) is 60.2 Å². The lowest BCUT2D eigenvalue weighted by atomic mass is 10.1. The highest BCUT2D eigenvalue weighted by Crippen LogP contribution is 2.23. The van der Waals surface area contributed by atoms with E-state index < -0.39 is 0 Å². The van der Waals surface area contributed by atoms with Gasteiger partial charge in [-0.2, -0.15) is 0 Å². The molecule has 3 rings (SSSR count). The quantitative estimate of drug-likeness (QED) is 0.652. The predicted molar refractivity (Wildman–Crippen MR) is 99.7 cm³/mol. The molecular formula is C19H22N4O. The summed E-state index contributed by atoms with van der Waals surface area (Å²) in [6, 6.07) is 15.4. The second kappa shape index (κ2) is 7.19. The van der Waals surface area contributed by atoms with Crippen LogP contribution in [0.2, 0.25) is 0 Å². The van der Waals surface area contributed by atoms with Crippen LogP contribution in [0.5, 0.6) is 0 Å². The van der Waals surface area contributed by atoms with Gasteiger partial charge in [0.2, 0.25) is 0 Å². The molecular weight excluding hydrogens is 300 g/mol. The number of anilines is 2. The largest absolute Gasteiger partial charge is 0.382 e. The predicted octanol–water partition coefficient (Wildman–Crippen LogP) is 3.39. The van der Waals surface area contributed by atoms with Gasteiger partial charge in [0.05, 0.1) is 11.4 Å². The third kappa shape index (κ3) is 3.58. The number of fused-ring (bicyclic) bond motifs is 1. The van der Waals surface area contributed by atoms with E-state index in [0.29, 0.717) is 5.56 Å². The van der Waals surface area contributed by atoms with Gasteiger partial charge in [-0.15, -0.1) is 0 Å². The summed E-state index contributed by atoms with van der Waals surface area (Å²) in [6.45, 7) is 1.73. The van der Waals surface area contributed by atoms with Gasteiger partial charge in [0.1, 0.15) is 0 Å². The number of amides is 1. The lowest BCUT2D eigenvalue weighted by Crippen LogP contribution is -2.21. The Morgan fingerprint density at radius 1 is 1.04 bits per heavy atom. The zero-order chi connectivity index (χ0) is 16.9. The fourth-order valence-corrected chi connectivity index (χ4v) is 2.63. The van der Waals surface area contributed by atoms with Crippen molar-refractivity contribution in [1.82, 2.24) is 9.88 Å². The molecule has 0 aliphatic heterocycles. The fourth-order valence-electron chi connectivity index (χ4n) is 2.63. The Labute approximate surface area is 141 Å². The molecule has 0 radical (unpaired) electrons. The smallest absolute Gasteiger partial charge is 0.256 e. The molecule has 5 heteroatoms. The van der Waals surface area contributed by atoms with Crippen molar-refractivity contribution in [2.45, 2.75) is 0 Å². The van der Waals surface area contributed by atoms with Crippen molar-refractivity contribution in [3.8, 4) is 0 Å². The third-order valence-corrected chi connectivity index (χ3v) is 3.89. The first kappa shape index (κ1) is 16.1. The summed E-state index contributed by atoms with van der Waals surface area (Å²) >= 11 is 0. The lowest BCUT2D eigenvalue weighted by molar-refractivity contribution is 0.102. The van der Waals surface area contributed by atoms with Gasteiger partial charge in [-0.25, -0.2) is 0 Å². The monoisotopic (exact) mass is 322 g/mol. The summed E-state index contributed by atoms with van der Waals surface area (Å²) in [4.78, 5) is 17.9. The Morgan fingerprint density at radius 2 is 1.83 bits per heavy atom. The molecule has 24 heavy (non-hydrogen) atoms. The van der Waals surface area contributed by atoms with Gasteiger partial charge in [-0.1, -0.05) is 18.2 Å². The maximum Gasteiger partial charge on any atom is 0.256 e. The molecule has 1 heterocycles. The van der Waals surface area contributed by atoms with Gasteiger partial charge in [0, 0.05) is 35.8 Å². The Hall–Kier alpha value is -2.79. The molecule has 0 saturated heterocycles. The summed E-state index contributed by atoms with van der Waals surface area (Å²) in [5, 5.41) is 7.31. The molecule has 1 aromatic heterocycles. The minimum absolute atomic E-state index is 0.109. The first-order chi connectivity index (χ1) is 11.6. The second-order valence-electron chi connectivity index (χ2n) is 5.97. The van der Waals surface area contributed by atoms with Crippen LogP contribution in [-0.4, -0.2) is 43.0 Å². The molecule has 1 amide bonds. The van der Waals surface area contributed by atoms with E-state index in [-0.39, 0.29) is 5.91 Å². The summed E-state index contributed by atoms with van der Waals surface area (Å²) < 4.78 is 0. The number of rotatable bonds is 6. The van der Waals surface area contributed by atoms with Gasteiger partial charge >= 0.3 is 0 Å². The summed E-state index contributed by atoms with van der Waals surface area (Å²) in [5.74, 6) is -0.109. The van der Waals surface area contributed by atoms with Crippen molar-refractivity contribution >= 4 is 28.2 Å². The maximum absolute atomic E-state index is 12.7. The number of aromatic nitrogens is 1. The highest BCUT2D eigenvalue weighted by molar-refractivity contribution is 6.13. The van der Waals surface area contributed by atoms with E-state index in [1.807, 2.05) is 68.8 Å². The number of likely N-dealkylation sites (N-methyl/N-ethyl adjacent to an activating group) is 1. The molecule has 3 N–H and O–H groups in total. The van der Waals surface area contributed by atoms with Gasteiger partial charge in [0.15, 0.2) is 0 Å². The zero-order valence-corrected chi connectivity index (χ0v) is 14.0. The van der Waals surface area contributed by atoms with Crippen molar-refractivity contribution in [2.75, 3.05) is 37.8 Å². The van der Waals surface area contributed by atoms with Crippen LogP contribution in [-0.2, 0) is 0 Å². The van der Waals surface area contributed by atoms with Crippen LogP contribution >= 0.6 is 0 Å². The number of carbonyl (C=O) groups excluding carboxylic acids is 1. The zero-order valence-electron chi connectivity index (χ0n) is 14.0. The van der Waals surface area contributed by atoms with Gasteiger partial charge in [0.25, 0.3) is 5.91 Å². The van der Waals surface area contributed by atoms with Crippen molar-refractivity contribution in [1.29, 1.82) is 0 Å². The third-order valence-electron chi connectivity index (χ3n) is 3.89. The van der Waals surface area contributed by atoms with Crippen LogP contribution in [0, 0.1) is 0 Å². The molecule has 0 fully saturated rings. The van der Waals surface area contributed by atoms with Gasteiger partial charge < -0.3 is 20.5 Å².